The van der Waals surface area contributed by atoms with E-state index in [0.717, 1.165) is 0 Å². The summed E-state index contributed by atoms with van der Waals surface area (Å²) < 4.78 is 39.5. The normalized spacial score (nSPS) is 11.0. The quantitative estimate of drug-likeness (QED) is 0.713. The van der Waals surface area contributed by atoms with E-state index in [0.29, 0.717) is 23.1 Å². The SMILES string of the molecule is Cc1cc(-c2c(C=O)nc(N)nc2-c2ccc(F)cc2)cc(C(F)F)n1. The molecule has 0 radical (unpaired) electrons. The molecule has 0 aliphatic rings. The van der Waals surface area contributed by atoms with Crippen LogP contribution in [0.5, 0.6) is 0 Å². The molecule has 0 fully saturated rings. The van der Waals surface area contributed by atoms with Crippen LogP contribution >= 0.6 is 0 Å². The second-order valence-corrected chi connectivity index (χ2v) is 5.54. The van der Waals surface area contributed by atoms with Gasteiger partial charge in [0.05, 0.1) is 5.69 Å². The molecule has 0 aliphatic carbocycles. The van der Waals surface area contributed by atoms with Gasteiger partial charge in [-0.25, -0.2) is 23.1 Å². The molecule has 1 aromatic carbocycles. The van der Waals surface area contributed by atoms with Crippen LogP contribution in [-0.4, -0.2) is 21.2 Å². The van der Waals surface area contributed by atoms with Gasteiger partial charge in [-0.1, -0.05) is 0 Å². The van der Waals surface area contributed by atoms with Crippen molar-refractivity contribution in [1.82, 2.24) is 15.0 Å². The minimum Gasteiger partial charge on any atom is -0.368 e. The molecule has 132 valence electrons. The standard InChI is InChI=1S/C18H13F3N4O/c1-9-6-11(7-13(23-9)17(20)21)15-14(8-26)24-18(22)25-16(15)10-2-4-12(19)5-3-10/h2-8,17H,1H3,(H2,22,24,25). The monoisotopic (exact) mass is 358 g/mol. The zero-order valence-electron chi connectivity index (χ0n) is 13.6. The van der Waals surface area contributed by atoms with E-state index in [9.17, 15) is 18.0 Å². The van der Waals surface area contributed by atoms with E-state index in [1.807, 2.05) is 0 Å². The molecule has 0 amide bonds. The van der Waals surface area contributed by atoms with E-state index in [1.165, 1.54) is 30.3 Å². The maximum Gasteiger partial charge on any atom is 0.280 e. The number of aldehydes is 1. The Hall–Kier alpha value is -3.29. The minimum absolute atomic E-state index is 0.0531. The number of benzene rings is 1. The number of pyridine rings is 1. The molecule has 0 spiro atoms. The summed E-state index contributed by atoms with van der Waals surface area (Å²) in [5.74, 6) is -0.609. The Labute approximate surface area is 146 Å². The summed E-state index contributed by atoms with van der Waals surface area (Å²) in [5, 5.41) is 0. The van der Waals surface area contributed by atoms with Crippen LogP contribution in [0.25, 0.3) is 22.4 Å². The highest BCUT2D eigenvalue weighted by Gasteiger charge is 2.20. The van der Waals surface area contributed by atoms with Crippen LogP contribution in [-0.2, 0) is 0 Å². The van der Waals surface area contributed by atoms with Crippen molar-refractivity contribution in [3.8, 4) is 22.4 Å². The number of halogens is 3. The summed E-state index contributed by atoms with van der Waals surface area (Å²) in [5.41, 5.74) is 6.76. The second kappa shape index (κ2) is 6.91. The van der Waals surface area contributed by atoms with Crippen LogP contribution in [0.4, 0.5) is 19.1 Å². The van der Waals surface area contributed by atoms with Crippen LogP contribution in [0.2, 0.25) is 0 Å². The smallest absolute Gasteiger partial charge is 0.280 e. The predicted molar refractivity (Wildman–Crippen MR) is 90.2 cm³/mol. The summed E-state index contributed by atoms with van der Waals surface area (Å²) in [4.78, 5) is 23.3. The number of alkyl halides is 2. The first-order chi connectivity index (χ1) is 12.4. The van der Waals surface area contributed by atoms with Gasteiger partial charge in [0.25, 0.3) is 6.43 Å². The molecule has 5 nitrogen and oxygen atoms in total. The zero-order valence-corrected chi connectivity index (χ0v) is 13.6. The Morgan fingerprint density at radius 1 is 1.04 bits per heavy atom. The fraction of sp³-hybridized carbons (Fsp3) is 0.111. The second-order valence-electron chi connectivity index (χ2n) is 5.54. The number of aromatic nitrogens is 3. The Morgan fingerprint density at radius 2 is 1.73 bits per heavy atom. The summed E-state index contributed by atoms with van der Waals surface area (Å²) in [6.07, 6.45) is -2.31. The van der Waals surface area contributed by atoms with Crippen molar-refractivity contribution in [3.05, 3.63) is 59.3 Å². The van der Waals surface area contributed by atoms with Crippen molar-refractivity contribution >= 4 is 12.2 Å². The van der Waals surface area contributed by atoms with E-state index in [1.54, 1.807) is 13.0 Å². The predicted octanol–water partition coefficient (Wildman–Crippen LogP) is 3.99. The highest BCUT2D eigenvalue weighted by Crippen LogP contribution is 2.34. The maximum atomic E-state index is 13.2. The Kier molecular flexibility index (Phi) is 4.66. The Bertz CT molecular complexity index is 975. The molecule has 26 heavy (non-hydrogen) atoms. The molecular weight excluding hydrogens is 345 g/mol. The number of aryl methyl sites for hydroxylation is 1. The molecule has 8 heteroatoms. The van der Waals surface area contributed by atoms with Crippen molar-refractivity contribution in [1.29, 1.82) is 0 Å². The van der Waals surface area contributed by atoms with Crippen molar-refractivity contribution in [3.63, 3.8) is 0 Å². The highest BCUT2D eigenvalue weighted by atomic mass is 19.3. The van der Waals surface area contributed by atoms with Gasteiger partial charge in [0, 0.05) is 16.8 Å². The first-order valence-corrected chi connectivity index (χ1v) is 7.54. The summed E-state index contributed by atoms with van der Waals surface area (Å²) in [6.45, 7) is 1.56. The van der Waals surface area contributed by atoms with Crippen LogP contribution < -0.4 is 5.73 Å². The molecule has 2 aromatic heterocycles. The molecule has 0 atom stereocenters. The van der Waals surface area contributed by atoms with Gasteiger partial charge in [0.1, 0.15) is 17.2 Å². The molecular formula is C18H13F3N4O. The van der Waals surface area contributed by atoms with Gasteiger partial charge in [-0.2, -0.15) is 0 Å². The number of carbonyl (C=O) groups is 1. The van der Waals surface area contributed by atoms with Gasteiger partial charge in [-0.3, -0.25) is 9.78 Å². The van der Waals surface area contributed by atoms with Crippen molar-refractivity contribution in [2.24, 2.45) is 0 Å². The number of anilines is 1. The third-order valence-corrected chi connectivity index (χ3v) is 3.67. The molecule has 3 rings (SSSR count). The third-order valence-electron chi connectivity index (χ3n) is 3.67. The fourth-order valence-corrected chi connectivity index (χ4v) is 2.63. The Balaban J connectivity index is 2.33. The van der Waals surface area contributed by atoms with Gasteiger partial charge in [0.2, 0.25) is 5.95 Å². The number of nitrogen functional groups attached to an aromatic ring is 1. The largest absolute Gasteiger partial charge is 0.368 e. The fourth-order valence-electron chi connectivity index (χ4n) is 2.63. The Morgan fingerprint density at radius 3 is 2.35 bits per heavy atom. The van der Waals surface area contributed by atoms with Gasteiger partial charge < -0.3 is 5.73 Å². The van der Waals surface area contributed by atoms with Crippen LogP contribution in [0, 0.1) is 12.7 Å². The van der Waals surface area contributed by atoms with Gasteiger partial charge >= 0.3 is 0 Å². The molecule has 0 bridgehead atoms. The number of carbonyl (C=O) groups excluding carboxylic acids is 1. The van der Waals surface area contributed by atoms with E-state index in [2.05, 4.69) is 15.0 Å². The third kappa shape index (κ3) is 3.39. The lowest BCUT2D eigenvalue weighted by atomic mass is 9.97. The van der Waals surface area contributed by atoms with Crippen LogP contribution in [0.15, 0.2) is 36.4 Å². The molecule has 0 saturated carbocycles. The summed E-state index contributed by atoms with van der Waals surface area (Å²) >= 11 is 0. The average Bonchev–Trinajstić information content (AvgIpc) is 2.60. The minimum atomic E-state index is -2.78. The number of nitrogens with two attached hydrogens (primary N) is 1. The van der Waals surface area contributed by atoms with Crippen molar-refractivity contribution < 1.29 is 18.0 Å². The van der Waals surface area contributed by atoms with E-state index in [4.69, 9.17) is 5.73 Å². The maximum absolute atomic E-state index is 13.2. The summed E-state index contributed by atoms with van der Waals surface area (Å²) in [6, 6.07) is 8.07. The first-order valence-electron chi connectivity index (χ1n) is 7.54. The van der Waals surface area contributed by atoms with Crippen molar-refractivity contribution in [2.75, 3.05) is 5.73 Å². The molecule has 2 N–H and O–H groups in total. The van der Waals surface area contributed by atoms with Gasteiger partial charge in [-0.05, 0) is 48.9 Å². The van der Waals surface area contributed by atoms with Crippen molar-refractivity contribution in [2.45, 2.75) is 13.3 Å². The highest BCUT2D eigenvalue weighted by molar-refractivity contribution is 5.93. The molecule has 0 aliphatic heterocycles. The van der Waals surface area contributed by atoms with Crippen LogP contribution in [0.1, 0.15) is 28.3 Å². The van der Waals surface area contributed by atoms with E-state index in [-0.39, 0.29) is 22.9 Å². The molecule has 0 unspecified atom stereocenters. The number of hydrogen-bond donors (Lipinski definition) is 1. The van der Waals surface area contributed by atoms with Crippen LogP contribution in [0.3, 0.4) is 0 Å². The van der Waals surface area contributed by atoms with E-state index >= 15 is 0 Å². The van der Waals surface area contributed by atoms with E-state index < -0.39 is 17.9 Å². The lowest BCUT2D eigenvalue weighted by Crippen LogP contribution is -2.05. The zero-order chi connectivity index (χ0) is 18.8. The molecule has 0 saturated heterocycles. The number of hydrogen-bond acceptors (Lipinski definition) is 5. The number of rotatable bonds is 4. The number of nitrogens with zero attached hydrogens (tertiary/aromatic N) is 3. The summed E-state index contributed by atoms with van der Waals surface area (Å²) in [7, 11) is 0. The lowest BCUT2D eigenvalue weighted by Gasteiger charge is -2.13. The average molecular weight is 358 g/mol. The molecule has 2 heterocycles. The van der Waals surface area contributed by atoms with Gasteiger partial charge in [-0.15, -0.1) is 0 Å². The lowest BCUT2D eigenvalue weighted by molar-refractivity contribution is 0.111. The van der Waals surface area contributed by atoms with Gasteiger partial charge in [0.15, 0.2) is 6.29 Å². The molecule has 3 aromatic rings. The first kappa shape index (κ1) is 17.5. The topological polar surface area (TPSA) is 81.8 Å².